The molecule has 5 aromatic rings. The third-order valence-electron chi connectivity index (χ3n) is 7.66. The minimum Gasteiger partial charge on any atom is -0.534 e. The van der Waals surface area contributed by atoms with Crippen LogP contribution in [0.25, 0.3) is 10.8 Å². The molecule has 1 heterocycles. The minimum atomic E-state index is -2.91. The summed E-state index contributed by atoms with van der Waals surface area (Å²) in [5, 5.41) is 8.07. The largest absolute Gasteiger partial charge is 0.534 e. The van der Waals surface area contributed by atoms with Crippen LogP contribution < -0.4 is 14.8 Å². The standard InChI is InChI=1S/C34H35FN2O3Si/c1-34(2,3)41(28-12-8-6-9-13-28,29-14-10-7-11-15-29)40-32-21-24(20-25-22-26(35)17-19-30(25)32)16-18-27-23-31(33(38)39-5)36-37(27)4/h6-15,17,19-23H,16,18H2,1-5H3. The fourth-order valence-corrected chi connectivity index (χ4v) is 10.1. The molecule has 7 heteroatoms. The molecule has 5 rings (SSSR count). The average molecular weight is 567 g/mol. The first-order valence-electron chi connectivity index (χ1n) is 13.8. The van der Waals surface area contributed by atoms with Gasteiger partial charge in [0.1, 0.15) is 11.6 Å². The van der Waals surface area contributed by atoms with E-state index >= 15 is 0 Å². The Hall–Kier alpha value is -4.23. The van der Waals surface area contributed by atoms with Crippen LogP contribution >= 0.6 is 0 Å². The predicted octanol–water partition coefficient (Wildman–Crippen LogP) is 6.22. The van der Waals surface area contributed by atoms with E-state index in [1.807, 2.05) is 31.3 Å². The van der Waals surface area contributed by atoms with Crippen LogP contribution in [0.15, 0.2) is 97.1 Å². The van der Waals surface area contributed by atoms with Gasteiger partial charge in [-0.3, -0.25) is 4.68 Å². The molecule has 0 radical (unpaired) electrons. The van der Waals surface area contributed by atoms with E-state index in [4.69, 9.17) is 9.16 Å². The molecule has 0 amide bonds. The highest BCUT2D eigenvalue weighted by Crippen LogP contribution is 2.40. The van der Waals surface area contributed by atoms with Crippen LogP contribution in [0.1, 0.15) is 42.5 Å². The molecule has 0 aliphatic heterocycles. The maximum atomic E-state index is 14.5. The van der Waals surface area contributed by atoms with Crippen molar-refractivity contribution >= 4 is 35.4 Å². The van der Waals surface area contributed by atoms with Gasteiger partial charge in [-0.05, 0) is 69.5 Å². The lowest BCUT2D eigenvalue weighted by Gasteiger charge is -2.43. The summed E-state index contributed by atoms with van der Waals surface area (Å²) in [6, 6.07) is 31.7. The van der Waals surface area contributed by atoms with Crippen molar-refractivity contribution in [2.24, 2.45) is 7.05 Å². The van der Waals surface area contributed by atoms with E-state index in [-0.39, 0.29) is 16.5 Å². The van der Waals surface area contributed by atoms with Crippen LogP contribution in [-0.4, -0.2) is 31.2 Å². The Morgan fingerprint density at radius 2 is 1.51 bits per heavy atom. The number of carbonyl (C=O) groups is 1. The van der Waals surface area contributed by atoms with Gasteiger partial charge in [-0.15, -0.1) is 0 Å². The molecule has 0 N–H and O–H groups in total. The molecule has 1 aromatic heterocycles. The highest BCUT2D eigenvalue weighted by Gasteiger charge is 2.52. The molecule has 0 spiro atoms. The molecular formula is C34H35FN2O3Si. The Morgan fingerprint density at radius 3 is 2.10 bits per heavy atom. The number of hydrogen-bond donors (Lipinski definition) is 0. The summed E-state index contributed by atoms with van der Waals surface area (Å²) in [6.07, 6.45) is 1.30. The average Bonchev–Trinajstić information content (AvgIpc) is 3.34. The second-order valence-corrected chi connectivity index (χ2v) is 15.6. The summed E-state index contributed by atoms with van der Waals surface area (Å²) in [6.45, 7) is 6.73. The Balaban J connectivity index is 1.63. The van der Waals surface area contributed by atoms with Crippen LogP contribution in [0.2, 0.25) is 5.04 Å². The van der Waals surface area contributed by atoms with E-state index in [0.717, 1.165) is 27.8 Å². The number of carbonyl (C=O) groups excluding carboxylic acids is 1. The second-order valence-electron chi connectivity index (χ2n) is 11.4. The van der Waals surface area contributed by atoms with Gasteiger partial charge in [0.05, 0.1) is 7.11 Å². The summed E-state index contributed by atoms with van der Waals surface area (Å²) >= 11 is 0. The zero-order chi connectivity index (χ0) is 29.2. The monoisotopic (exact) mass is 566 g/mol. The van der Waals surface area contributed by atoms with E-state index in [0.29, 0.717) is 12.8 Å². The number of halogens is 1. The molecule has 0 saturated heterocycles. The Kier molecular flexibility index (Phi) is 7.82. The van der Waals surface area contributed by atoms with Crippen molar-refractivity contribution in [3.05, 3.63) is 120 Å². The number of nitrogens with zero attached hydrogens (tertiary/aromatic N) is 2. The fraction of sp³-hybridized carbons (Fsp3) is 0.235. The lowest BCUT2D eigenvalue weighted by Crippen LogP contribution is -2.68. The molecule has 0 bridgehead atoms. The van der Waals surface area contributed by atoms with Crippen molar-refractivity contribution in [2.75, 3.05) is 7.11 Å². The van der Waals surface area contributed by atoms with E-state index in [1.165, 1.54) is 23.5 Å². The van der Waals surface area contributed by atoms with Gasteiger partial charge < -0.3 is 9.16 Å². The molecule has 41 heavy (non-hydrogen) atoms. The zero-order valence-electron chi connectivity index (χ0n) is 24.1. The number of benzene rings is 4. The number of aromatic nitrogens is 2. The molecule has 0 aliphatic carbocycles. The van der Waals surface area contributed by atoms with Crippen molar-refractivity contribution in [1.29, 1.82) is 0 Å². The highest BCUT2D eigenvalue weighted by atomic mass is 28.4. The van der Waals surface area contributed by atoms with Crippen LogP contribution in [0.4, 0.5) is 4.39 Å². The Labute approximate surface area is 241 Å². The lowest BCUT2D eigenvalue weighted by molar-refractivity contribution is 0.0593. The van der Waals surface area contributed by atoms with Gasteiger partial charge in [-0.25, -0.2) is 9.18 Å². The van der Waals surface area contributed by atoms with Crippen LogP contribution in [0.3, 0.4) is 0 Å². The van der Waals surface area contributed by atoms with Crippen LogP contribution in [0, 0.1) is 5.82 Å². The van der Waals surface area contributed by atoms with E-state index < -0.39 is 14.3 Å². The summed E-state index contributed by atoms with van der Waals surface area (Å²) in [5.41, 5.74) is 2.19. The predicted molar refractivity (Wildman–Crippen MR) is 164 cm³/mol. The number of fused-ring (bicyclic) bond motifs is 1. The number of esters is 1. The molecular weight excluding hydrogens is 531 g/mol. The topological polar surface area (TPSA) is 53.4 Å². The molecule has 4 aromatic carbocycles. The summed E-state index contributed by atoms with van der Waals surface area (Å²) < 4.78 is 28.4. The first-order chi connectivity index (χ1) is 19.6. The molecule has 0 fully saturated rings. The first-order valence-corrected chi connectivity index (χ1v) is 15.7. The van der Waals surface area contributed by atoms with Crippen molar-refractivity contribution in [2.45, 2.75) is 38.7 Å². The SMILES string of the molecule is COC(=O)c1cc(CCc2cc(O[Si](c3ccccc3)(c3ccccc3)C(C)(C)C)c3ccc(F)cc3c2)n(C)n1. The maximum Gasteiger partial charge on any atom is 0.358 e. The summed E-state index contributed by atoms with van der Waals surface area (Å²) in [5.74, 6) is -0.0125. The molecule has 0 unspecified atom stereocenters. The van der Waals surface area contributed by atoms with Gasteiger partial charge in [0.15, 0.2) is 5.69 Å². The smallest absolute Gasteiger partial charge is 0.358 e. The summed E-state index contributed by atoms with van der Waals surface area (Å²) in [4.78, 5) is 12.0. The summed E-state index contributed by atoms with van der Waals surface area (Å²) in [7, 11) is 0.248. The number of ether oxygens (including phenoxy) is 1. The molecule has 0 aliphatic rings. The first kappa shape index (κ1) is 28.3. The van der Waals surface area contributed by atoms with E-state index in [9.17, 15) is 9.18 Å². The van der Waals surface area contributed by atoms with Gasteiger partial charge in [0.25, 0.3) is 0 Å². The van der Waals surface area contributed by atoms with Crippen LogP contribution in [-0.2, 0) is 24.6 Å². The number of aryl methyl sites for hydroxylation is 3. The second kappa shape index (κ2) is 11.3. The number of hydrogen-bond acceptors (Lipinski definition) is 4. The Morgan fingerprint density at radius 1 is 0.878 bits per heavy atom. The normalized spacial score (nSPS) is 12.0. The van der Waals surface area contributed by atoms with Gasteiger partial charge in [0, 0.05) is 18.1 Å². The molecule has 210 valence electrons. The maximum absolute atomic E-state index is 14.5. The zero-order valence-corrected chi connectivity index (χ0v) is 25.1. The lowest BCUT2D eigenvalue weighted by atomic mass is 10.0. The van der Waals surface area contributed by atoms with Gasteiger partial charge >= 0.3 is 14.3 Å². The Bertz CT molecular complexity index is 1640. The quantitative estimate of drug-likeness (QED) is 0.165. The van der Waals surface area contributed by atoms with Crippen molar-refractivity contribution in [3.63, 3.8) is 0 Å². The molecule has 0 atom stereocenters. The number of methoxy groups -OCH3 is 1. The van der Waals surface area contributed by atoms with Gasteiger partial charge in [0.2, 0.25) is 0 Å². The molecule has 0 saturated carbocycles. The van der Waals surface area contributed by atoms with Gasteiger partial charge in [-0.2, -0.15) is 5.10 Å². The number of rotatable bonds is 8. The molecule has 5 nitrogen and oxygen atoms in total. The third kappa shape index (κ3) is 5.54. The van der Waals surface area contributed by atoms with E-state index in [2.05, 4.69) is 80.5 Å². The van der Waals surface area contributed by atoms with Crippen molar-refractivity contribution in [3.8, 4) is 5.75 Å². The third-order valence-corrected chi connectivity index (χ3v) is 12.6. The minimum absolute atomic E-state index is 0.225. The highest BCUT2D eigenvalue weighted by molar-refractivity contribution is 7.00. The van der Waals surface area contributed by atoms with Crippen molar-refractivity contribution in [1.82, 2.24) is 9.78 Å². The van der Waals surface area contributed by atoms with E-state index in [1.54, 1.807) is 16.8 Å². The fourth-order valence-electron chi connectivity index (χ4n) is 5.62. The van der Waals surface area contributed by atoms with Crippen molar-refractivity contribution < 1.29 is 18.3 Å². The van der Waals surface area contributed by atoms with Crippen LogP contribution in [0.5, 0.6) is 5.75 Å². The van der Waals surface area contributed by atoms with Gasteiger partial charge in [-0.1, -0.05) is 87.5 Å².